The molecule has 0 bridgehead atoms. The van der Waals surface area contributed by atoms with E-state index in [0.29, 0.717) is 16.3 Å². The second-order valence-corrected chi connectivity index (χ2v) is 8.51. The molecule has 0 spiro atoms. The SMILES string of the molecule is Cc1ccc(Sc2cc(NC(=O)C(C)Cn3nc([N+](=O)[O-])cc3C)cc([N+](=O)[O-])c2)cc1. The Labute approximate surface area is 187 Å². The van der Waals surface area contributed by atoms with Crippen LogP contribution >= 0.6 is 11.8 Å². The van der Waals surface area contributed by atoms with E-state index in [2.05, 4.69) is 10.4 Å². The van der Waals surface area contributed by atoms with Crippen LogP contribution in [0, 0.1) is 40.0 Å². The van der Waals surface area contributed by atoms with Gasteiger partial charge in [0.25, 0.3) is 5.69 Å². The molecule has 0 radical (unpaired) electrons. The quantitative estimate of drug-likeness (QED) is 0.383. The van der Waals surface area contributed by atoms with Crippen molar-refractivity contribution in [3.05, 3.63) is 80.0 Å². The van der Waals surface area contributed by atoms with E-state index in [1.165, 1.54) is 34.6 Å². The van der Waals surface area contributed by atoms with Gasteiger partial charge in [0, 0.05) is 27.6 Å². The summed E-state index contributed by atoms with van der Waals surface area (Å²) in [5.74, 6) is -1.25. The van der Waals surface area contributed by atoms with Crippen molar-refractivity contribution in [2.75, 3.05) is 5.32 Å². The number of amides is 1. The predicted octanol–water partition coefficient (Wildman–Crippen LogP) is 4.74. The lowest BCUT2D eigenvalue weighted by molar-refractivity contribution is -0.389. The molecule has 3 aromatic rings. The van der Waals surface area contributed by atoms with Gasteiger partial charge in [-0.05, 0) is 37.0 Å². The highest BCUT2D eigenvalue weighted by Crippen LogP contribution is 2.33. The number of nitro groups is 2. The summed E-state index contributed by atoms with van der Waals surface area (Å²) < 4.78 is 1.40. The van der Waals surface area contributed by atoms with Crippen LogP contribution in [0.2, 0.25) is 0 Å². The maximum atomic E-state index is 12.7. The van der Waals surface area contributed by atoms with Gasteiger partial charge in [-0.2, -0.15) is 4.68 Å². The Morgan fingerprint density at radius 3 is 2.34 bits per heavy atom. The van der Waals surface area contributed by atoms with Crippen molar-refractivity contribution in [3.63, 3.8) is 0 Å². The van der Waals surface area contributed by atoms with Gasteiger partial charge in [0.15, 0.2) is 0 Å². The van der Waals surface area contributed by atoms with Crippen LogP contribution in [-0.2, 0) is 11.3 Å². The van der Waals surface area contributed by atoms with E-state index in [-0.39, 0.29) is 24.0 Å². The molecule has 3 rings (SSSR count). The van der Waals surface area contributed by atoms with Crippen molar-refractivity contribution < 1.29 is 14.6 Å². The number of aromatic nitrogens is 2. The number of hydrogen-bond acceptors (Lipinski definition) is 7. The number of carbonyl (C=O) groups is 1. The monoisotopic (exact) mass is 455 g/mol. The van der Waals surface area contributed by atoms with E-state index in [4.69, 9.17) is 0 Å². The third-order valence-corrected chi connectivity index (χ3v) is 5.66. The van der Waals surface area contributed by atoms with Gasteiger partial charge in [-0.15, -0.1) is 0 Å². The average Bonchev–Trinajstić information content (AvgIpc) is 3.10. The minimum absolute atomic E-state index is 0.130. The number of non-ortho nitro benzene ring substituents is 1. The molecule has 0 saturated carbocycles. The fourth-order valence-electron chi connectivity index (χ4n) is 2.94. The predicted molar refractivity (Wildman–Crippen MR) is 120 cm³/mol. The molecule has 32 heavy (non-hydrogen) atoms. The first-order valence-electron chi connectivity index (χ1n) is 9.66. The third kappa shape index (κ3) is 5.70. The number of hydrogen-bond donors (Lipinski definition) is 1. The number of aryl methyl sites for hydroxylation is 2. The molecule has 1 N–H and O–H groups in total. The second kappa shape index (κ2) is 9.60. The van der Waals surface area contributed by atoms with Gasteiger partial charge < -0.3 is 15.4 Å². The minimum Gasteiger partial charge on any atom is -0.358 e. The fraction of sp³-hybridized carbons (Fsp3) is 0.238. The van der Waals surface area contributed by atoms with Crippen molar-refractivity contribution in [1.29, 1.82) is 0 Å². The van der Waals surface area contributed by atoms with Crippen LogP contribution in [0.15, 0.2) is 58.3 Å². The summed E-state index contributed by atoms with van der Waals surface area (Å²) in [4.78, 5) is 35.4. The molecule has 0 aliphatic carbocycles. The second-order valence-electron chi connectivity index (χ2n) is 7.36. The lowest BCUT2D eigenvalue weighted by atomic mass is 10.1. The molecule has 166 valence electrons. The zero-order valence-corrected chi connectivity index (χ0v) is 18.5. The summed E-state index contributed by atoms with van der Waals surface area (Å²) >= 11 is 1.35. The summed E-state index contributed by atoms with van der Waals surface area (Å²) in [6, 6.07) is 13.5. The van der Waals surface area contributed by atoms with Crippen molar-refractivity contribution in [3.8, 4) is 0 Å². The highest BCUT2D eigenvalue weighted by Gasteiger charge is 2.21. The zero-order chi connectivity index (χ0) is 23.4. The molecule has 0 saturated heterocycles. The largest absolute Gasteiger partial charge is 0.390 e. The standard InChI is InChI=1S/C21H21N5O5S/c1-13-4-6-18(7-5-13)32-19-10-16(9-17(11-19)25(28)29)22-21(27)14(2)12-24-15(3)8-20(23-24)26(30)31/h4-11,14H,12H2,1-3H3,(H,22,27). The van der Waals surface area contributed by atoms with Crippen LogP contribution in [0.3, 0.4) is 0 Å². The number of nitro benzene ring substituents is 1. The van der Waals surface area contributed by atoms with Crippen LogP contribution in [0.1, 0.15) is 18.2 Å². The van der Waals surface area contributed by atoms with Crippen LogP contribution in [0.5, 0.6) is 0 Å². The van der Waals surface area contributed by atoms with Gasteiger partial charge in [0.2, 0.25) is 5.91 Å². The maximum absolute atomic E-state index is 12.7. The van der Waals surface area contributed by atoms with E-state index in [1.807, 2.05) is 31.2 Å². The topological polar surface area (TPSA) is 133 Å². The lowest BCUT2D eigenvalue weighted by Crippen LogP contribution is -2.25. The third-order valence-electron chi connectivity index (χ3n) is 4.68. The first kappa shape index (κ1) is 22.9. The summed E-state index contributed by atoms with van der Waals surface area (Å²) in [6.07, 6.45) is 0. The summed E-state index contributed by atoms with van der Waals surface area (Å²) in [5.41, 5.74) is 1.83. The molecule has 1 atom stereocenters. The van der Waals surface area contributed by atoms with Crippen molar-refractivity contribution in [2.45, 2.75) is 37.1 Å². The van der Waals surface area contributed by atoms with Crippen LogP contribution in [0.4, 0.5) is 17.2 Å². The maximum Gasteiger partial charge on any atom is 0.390 e. The van der Waals surface area contributed by atoms with Gasteiger partial charge in [-0.1, -0.05) is 36.4 Å². The molecule has 0 aliphatic heterocycles. The Morgan fingerprint density at radius 2 is 1.75 bits per heavy atom. The number of nitrogens with zero attached hydrogens (tertiary/aromatic N) is 4. The van der Waals surface area contributed by atoms with Crippen molar-refractivity contribution >= 4 is 34.9 Å². The van der Waals surface area contributed by atoms with E-state index in [9.17, 15) is 25.0 Å². The number of benzene rings is 2. The van der Waals surface area contributed by atoms with Gasteiger partial charge in [-0.3, -0.25) is 14.9 Å². The van der Waals surface area contributed by atoms with E-state index < -0.39 is 15.8 Å². The van der Waals surface area contributed by atoms with E-state index >= 15 is 0 Å². The highest BCUT2D eigenvalue weighted by molar-refractivity contribution is 7.99. The number of nitrogens with one attached hydrogen (secondary N) is 1. The molecule has 1 unspecified atom stereocenters. The van der Waals surface area contributed by atoms with Gasteiger partial charge >= 0.3 is 5.82 Å². The first-order chi connectivity index (χ1) is 15.1. The molecule has 1 heterocycles. The van der Waals surface area contributed by atoms with E-state index in [0.717, 1.165) is 10.5 Å². The Balaban J connectivity index is 1.76. The van der Waals surface area contributed by atoms with E-state index in [1.54, 1.807) is 19.9 Å². The summed E-state index contributed by atoms with van der Waals surface area (Å²) in [5, 5.41) is 28.9. The first-order valence-corrected chi connectivity index (χ1v) is 10.5. The number of anilines is 1. The van der Waals surface area contributed by atoms with Crippen molar-refractivity contribution in [2.24, 2.45) is 5.92 Å². The number of carbonyl (C=O) groups excluding carboxylic acids is 1. The molecule has 1 aromatic heterocycles. The molecular formula is C21H21N5O5S. The number of rotatable bonds is 8. The normalized spacial score (nSPS) is 11.7. The smallest absolute Gasteiger partial charge is 0.358 e. The fourth-order valence-corrected chi connectivity index (χ4v) is 3.85. The zero-order valence-electron chi connectivity index (χ0n) is 17.6. The highest BCUT2D eigenvalue weighted by atomic mass is 32.2. The molecule has 11 heteroatoms. The molecule has 1 amide bonds. The molecule has 0 aliphatic rings. The lowest BCUT2D eigenvalue weighted by Gasteiger charge is -2.12. The molecule has 10 nitrogen and oxygen atoms in total. The minimum atomic E-state index is -0.593. The summed E-state index contributed by atoms with van der Waals surface area (Å²) in [7, 11) is 0. The van der Waals surface area contributed by atoms with Gasteiger partial charge in [0.05, 0.1) is 34.2 Å². The Bertz CT molecular complexity index is 1180. The Kier molecular flexibility index (Phi) is 6.89. The average molecular weight is 455 g/mol. The van der Waals surface area contributed by atoms with Crippen molar-refractivity contribution in [1.82, 2.24) is 9.78 Å². The van der Waals surface area contributed by atoms with Gasteiger partial charge in [0.1, 0.15) is 0 Å². The van der Waals surface area contributed by atoms with Gasteiger partial charge in [-0.25, -0.2) is 0 Å². The molecule has 0 fully saturated rings. The summed E-state index contributed by atoms with van der Waals surface area (Å²) in [6.45, 7) is 5.42. The van der Waals surface area contributed by atoms with Crippen LogP contribution in [-0.4, -0.2) is 25.5 Å². The molecular weight excluding hydrogens is 434 g/mol. The molecule has 2 aromatic carbocycles. The van der Waals surface area contributed by atoms with Crippen LogP contribution < -0.4 is 5.32 Å². The Morgan fingerprint density at radius 1 is 1.06 bits per heavy atom. The Hall–Kier alpha value is -3.73. The van der Waals surface area contributed by atoms with Crippen LogP contribution in [0.25, 0.3) is 0 Å².